The van der Waals surface area contributed by atoms with Gasteiger partial charge in [0, 0.05) is 27.0 Å². The zero-order chi connectivity index (χ0) is 14.7. The van der Waals surface area contributed by atoms with Crippen molar-refractivity contribution in [3.63, 3.8) is 0 Å². The molecular formula is C16H16O3S2. The van der Waals surface area contributed by atoms with E-state index in [1.165, 1.54) is 9.40 Å². The van der Waals surface area contributed by atoms with Crippen LogP contribution in [0.3, 0.4) is 0 Å². The van der Waals surface area contributed by atoms with E-state index in [4.69, 9.17) is 9.47 Å². The van der Waals surface area contributed by atoms with E-state index in [9.17, 15) is 5.11 Å². The number of benzene rings is 1. The van der Waals surface area contributed by atoms with Crippen molar-refractivity contribution in [2.75, 3.05) is 20.3 Å². The molecule has 110 valence electrons. The third kappa shape index (κ3) is 3.11. The van der Waals surface area contributed by atoms with E-state index in [1.54, 1.807) is 29.8 Å². The number of aliphatic hydroxyl groups is 1. The topological polar surface area (TPSA) is 38.7 Å². The maximum absolute atomic E-state index is 10.7. The molecule has 2 aromatic heterocycles. The highest BCUT2D eigenvalue weighted by Crippen LogP contribution is 2.38. The van der Waals surface area contributed by atoms with Gasteiger partial charge in [-0.05, 0) is 23.6 Å². The molecule has 1 N–H and O–H groups in total. The van der Waals surface area contributed by atoms with Crippen molar-refractivity contribution in [1.82, 2.24) is 0 Å². The van der Waals surface area contributed by atoms with Gasteiger partial charge in [-0.15, -0.1) is 22.7 Å². The average molecular weight is 320 g/mol. The smallest absolute Gasteiger partial charge is 0.125 e. The zero-order valence-electron chi connectivity index (χ0n) is 11.6. The van der Waals surface area contributed by atoms with Crippen LogP contribution in [0.5, 0.6) is 5.75 Å². The summed E-state index contributed by atoms with van der Waals surface area (Å²) in [5.74, 6) is 0.707. The number of hydrogen-bond acceptors (Lipinski definition) is 5. The Morgan fingerprint density at radius 1 is 1.14 bits per heavy atom. The van der Waals surface area contributed by atoms with Gasteiger partial charge in [0.2, 0.25) is 0 Å². The Kier molecular flexibility index (Phi) is 4.55. The third-order valence-corrected chi connectivity index (χ3v) is 5.33. The second kappa shape index (κ2) is 6.58. The van der Waals surface area contributed by atoms with Crippen LogP contribution in [0.2, 0.25) is 0 Å². The van der Waals surface area contributed by atoms with Crippen molar-refractivity contribution >= 4 is 32.1 Å². The van der Waals surface area contributed by atoms with Crippen LogP contribution in [-0.2, 0) is 4.74 Å². The van der Waals surface area contributed by atoms with Crippen LogP contribution in [0.4, 0.5) is 0 Å². The molecule has 1 unspecified atom stereocenters. The van der Waals surface area contributed by atoms with Gasteiger partial charge in [0.15, 0.2) is 0 Å². The molecule has 2 heterocycles. The van der Waals surface area contributed by atoms with Gasteiger partial charge in [-0.3, -0.25) is 0 Å². The summed E-state index contributed by atoms with van der Waals surface area (Å²) in [7, 11) is 1.64. The van der Waals surface area contributed by atoms with Crippen molar-refractivity contribution in [3.8, 4) is 5.75 Å². The molecule has 3 rings (SSSR count). The molecule has 0 bridgehead atoms. The van der Waals surface area contributed by atoms with Crippen molar-refractivity contribution in [3.05, 3.63) is 52.2 Å². The van der Waals surface area contributed by atoms with Gasteiger partial charge >= 0.3 is 0 Å². The van der Waals surface area contributed by atoms with Crippen LogP contribution in [0.1, 0.15) is 16.5 Å². The van der Waals surface area contributed by atoms with Crippen molar-refractivity contribution in [2.24, 2.45) is 0 Å². The number of thiophene rings is 2. The molecule has 0 aliphatic carbocycles. The van der Waals surface area contributed by atoms with E-state index in [1.807, 2.05) is 24.3 Å². The first-order valence-electron chi connectivity index (χ1n) is 6.65. The standard InChI is InChI=1S/C16H16O3S2/c1-18-7-8-19-12-5-3-2-4-11(12)16(17)15-10-14-13(21-15)6-9-20-14/h2-6,9-10,16-17H,7-8H2,1H3. The Bertz CT molecular complexity index is 688. The fourth-order valence-electron chi connectivity index (χ4n) is 2.15. The molecule has 0 saturated heterocycles. The zero-order valence-corrected chi connectivity index (χ0v) is 13.2. The minimum Gasteiger partial charge on any atom is -0.491 e. The van der Waals surface area contributed by atoms with E-state index in [0.717, 1.165) is 10.4 Å². The number of aliphatic hydroxyl groups excluding tert-OH is 1. The normalized spacial score (nSPS) is 12.7. The first kappa shape index (κ1) is 14.5. The molecule has 21 heavy (non-hydrogen) atoms. The molecule has 0 saturated carbocycles. The molecule has 0 fully saturated rings. The Labute approximate surface area is 131 Å². The van der Waals surface area contributed by atoms with Crippen LogP contribution in [0.15, 0.2) is 41.8 Å². The summed E-state index contributed by atoms with van der Waals surface area (Å²) in [6.45, 7) is 0.999. The number of para-hydroxylation sites is 1. The number of fused-ring (bicyclic) bond motifs is 1. The maximum Gasteiger partial charge on any atom is 0.125 e. The lowest BCUT2D eigenvalue weighted by molar-refractivity contribution is 0.142. The second-order valence-corrected chi connectivity index (χ2v) is 6.64. The molecule has 5 heteroatoms. The molecule has 1 atom stereocenters. The molecule has 3 aromatic rings. The van der Waals surface area contributed by atoms with E-state index in [0.29, 0.717) is 19.0 Å². The van der Waals surface area contributed by atoms with Crippen LogP contribution >= 0.6 is 22.7 Å². The molecule has 1 aromatic carbocycles. The van der Waals surface area contributed by atoms with Crippen LogP contribution < -0.4 is 4.74 Å². The summed E-state index contributed by atoms with van der Waals surface area (Å²) >= 11 is 3.32. The highest BCUT2D eigenvalue weighted by molar-refractivity contribution is 7.26. The number of rotatable bonds is 6. The van der Waals surface area contributed by atoms with Crippen molar-refractivity contribution in [2.45, 2.75) is 6.10 Å². The van der Waals surface area contributed by atoms with Crippen LogP contribution in [-0.4, -0.2) is 25.4 Å². The Morgan fingerprint density at radius 3 is 2.81 bits per heavy atom. The lowest BCUT2D eigenvalue weighted by Crippen LogP contribution is -2.07. The predicted molar refractivity (Wildman–Crippen MR) is 87.6 cm³/mol. The number of hydrogen-bond donors (Lipinski definition) is 1. The average Bonchev–Trinajstić information content (AvgIpc) is 3.08. The lowest BCUT2D eigenvalue weighted by atomic mass is 10.1. The summed E-state index contributed by atoms with van der Waals surface area (Å²) in [6.07, 6.45) is -0.659. The predicted octanol–water partition coefficient (Wildman–Crippen LogP) is 4.07. The Balaban J connectivity index is 1.86. The van der Waals surface area contributed by atoms with Gasteiger partial charge in [-0.1, -0.05) is 18.2 Å². The van der Waals surface area contributed by atoms with Gasteiger partial charge in [-0.2, -0.15) is 0 Å². The molecular weight excluding hydrogens is 304 g/mol. The molecule has 0 amide bonds. The van der Waals surface area contributed by atoms with Gasteiger partial charge in [0.25, 0.3) is 0 Å². The largest absolute Gasteiger partial charge is 0.491 e. The van der Waals surface area contributed by atoms with Gasteiger partial charge in [-0.25, -0.2) is 0 Å². The molecule has 0 aliphatic rings. The minimum absolute atomic E-state index is 0.472. The summed E-state index contributed by atoms with van der Waals surface area (Å²) in [6, 6.07) is 11.7. The Morgan fingerprint density at radius 2 is 2.00 bits per heavy atom. The monoisotopic (exact) mass is 320 g/mol. The fraction of sp³-hybridized carbons (Fsp3) is 0.250. The molecule has 0 aliphatic heterocycles. The van der Waals surface area contributed by atoms with Gasteiger partial charge < -0.3 is 14.6 Å². The third-order valence-electron chi connectivity index (χ3n) is 3.19. The first-order chi connectivity index (χ1) is 10.3. The minimum atomic E-state index is -0.659. The fourth-order valence-corrected chi connectivity index (χ4v) is 4.27. The van der Waals surface area contributed by atoms with Gasteiger partial charge in [0.1, 0.15) is 18.5 Å². The van der Waals surface area contributed by atoms with Crippen molar-refractivity contribution in [1.29, 1.82) is 0 Å². The highest BCUT2D eigenvalue weighted by atomic mass is 32.1. The number of ether oxygens (including phenoxy) is 2. The van der Waals surface area contributed by atoms with Crippen LogP contribution in [0.25, 0.3) is 9.40 Å². The lowest BCUT2D eigenvalue weighted by Gasteiger charge is -2.15. The van der Waals surface area contributed by atoms with E-state index < -0.39 is 6.10 Å². The van der Waals surface area contributed by atoms with Crippen molar-refractivity contribution < 1.29 is 14.6 Å². The molecule has 0 radical (unpaired) electrons. The highest BCUT2D eigenvalue weighted by Gasteiger charge is 2.18. The molecule has 0 spiro atoms. The quantitative estimate of drug-likeness (QED) is 0.696. The number of methoxy groups -OCH3 is 1. The Hall–Kier alpha value is -1.40. The van der Waals surface area contributed by atoms with E-state index in [2.05, 4.69) is 17.5 Å². The molecule has 3 nitrogen and oxygen atoms in total. The maximum atomic E-state index is 10.7. The SMILES string of the molecule is COCCOc1ccccc1C(O)c1cc2sccc2s1. The van der Waals surface area contributed by atoms with Gasteiger partial charge in [0.05, 0.1) is 6.61 Å². The summed E-state index contributed by atoms with van der Waals surface area (Å²) < 4.78 is 13.1. The van der Waals surface area contributed by atoms with E-state index >= 15 is 0 Å². The summed E-state index contributed by atoms with van der Waals surface area (Å²) in [5.41, 5.74) is 0.794. The van der Waals surface area contributed by atoms with E-state index in [-0.39, 0.29) is 0 Å². The van der Waals surface area contributed by atoms with Crippen LogP contribution in [0, 0.1) is 0 Å². The first-order valence-corrected chi connectivity index (χ1v) is 8.35. The summed E-state index contributed by atoms with van der Waals surface area (Å²) in [5, 5.41) is 12.7. The second-order valence-electron chi connectivity index (χ2n) is 4.58. The summed E-state index contributed by atoms with van der Waals surface area (Å²) in [4.78, 5) is 0.944.